The van der Waals surface area contributed by atoms with Gasteiger partial charge in [0.25, 0.3) is 0 Å². The first kappa shape index (κ1) is 10.8. The Balaban J connectivity index is 1.86. The average molecular weight is 246 g/mol. The van der Waals surface area contributed by atoms with Crippen molar-refractivity contribution in [3.63, 3.8) is 0 Å². The largest absolute Gasteiger partial charge is 0.461 e. The number of ether oxygens (including phenoxy) is 1. The number of carbonyl (C=O) groups excluding carboxylic acids is 2. The van der Waals surface area contributed by atoms with Crippen molar-refractivity contribution in [3.8, 4) is 0 Å². The van der Waals surface area contributed by atoms with E-state index in [1.54, 1.807) is 0 Å². The number of hydrogen-bond donors (Lipinski definition) is 0. The van der Waals surface area contributed by atoms with Crippen LogP contribution in [-0.4, -0.2) is 17.9 Å². The Morgan fingerprint density at radius 2 is 2.00 bits per heavy atom. The van der Waals surface area contributed by atoms with E-state index in [2.05, 4.69) is 13.8 Å². The lowest BCUT2D eigenvalue weighted by Crippen LogP contribution is -2.75. The van der Waals surface area contributed by atoms with Gasteiger partial charge >= 0.3 is 5.97 Å². The summed E-state index contributed by atoms with van der Waals surface area (Å²) in [6, 6.07) is 0. The van der Waals surface area contributed by atoms with Crippen LogP contribution in [0.4, 0.5) is 0 Å². The SMILES string of the molecule is CC1=CCCC23C(=O)O[C@H]4[C@@H]2[C@@H]([C@H]3C1=O)C4(C)C. The molecule has 5 atom stereocenters. The predicted molar refractivity (Wildman–Crippen MR) is 64.6 cm³/mol. The van der Waals surface area contributed by atoms with Crippen molar-refractivity contribution in [3.05, 3.63) is 11.6 Å². The van der Waals surface area contributed by atoms with Gasteiger partial charge in [0, 0.05) is 17.3 Å². The van der Waals surface area contributed by atoms with Gasteiger partial charge in [-0.25, -0.2) is 0 Å². The normalized spacial score (nSPS) is 51.2. The van der Waals surface area contributed by atoms with Crippen molar-refractivity contribution in [1.82, 2.24) is 0 Å². The molecule has 1 unspecified atom stereocenters. The Labute approximate surface area is 107 Å². The van der Waals surface area contributed by atoms with Gasteiger partial charge in [0.2, 0.25) is 0 Å². The Morgan fingerprint density at radius 1 is 1.28 bits per heavy atom. The molecule has 3 aliphatic carbocycles. The van der Waals surface area contributed by atoms with Gasteiger partial charge in [0.15, 0.2) is 5.78 Å². The van der Waals surface area contributed by atoms with Crippen molar-refractivity contribution in [1.29, 1.82) is 0 Å². The van der Waals surface area contributed by atoms with Gasteiger partial charge in [-0.3, -0.25) is 9.59 Å². The van der Waals surface area contributed by atoms with E-state index in [0.717, 1.165) is 18.4 Å². The molecule has 2 saturated carbocycles. The maximum Gasteiger partial charge on any atom is 0.313 e. The van der Waals surface area contributed by atoms with Crippen LogP contribution in [0.25, 0.3) is 0 Å². The maximum absolute atomic E-state index is 12.5. The number of carbonyl (C=O) groups is 2. The van der Waals surface area contributed by atoms with Crippen molar-refractivity contribution in [2.24, 2.45) is 28.6 Å². The highest BCUT2D eigenvalue weighted by Gasteiger charge is 2.85. The van der Waals surface area contributed by atoms with Crippen LogP contribution in [0.2, 0.25) is 0 Å². The van der Waals surface area contributed by atoms with Crippen molar-refractivity contribution in [2.75, 3.05) is 0 Å². The molecule has 1 aliphatic heterocycles. The van der Waals surface area contributed by atoms with E-state index in [4.69, 9.17) is 4.74 Å². The average Bonchev–Trinajstić information content (AvgIpc) is 2.37. The fraction of sp³-hybridized carbons (Fsp3) is 0.733. The number of Topliss-reactive ketones (excluding diaryl/α,β-unsaturated/α-hetero) is 1. The zero-order chi connectivity index (χ0) is 12.9. The number of hydrogen-bond acceptors (Lipinski definition) is 3. The molecule has 0 bridgehead atoms. The lowest BCUT2D eigenvalue weighted by atomic mass is 9.30. The number of esters is 1. The number of fused-ring (bicyclic) bond motifs is 1. The van der Waals surface area contributed by atoms with E-state index >= 15 is 0 Å². The Bertz CT molecular complexity index is 516. The zero-order valence-electron chi connectivity index (χ0n) is 11.0. The standard InChI is InChI=1S/C15H18O3/c1-7-5-4-6-15-9(11(7)16)8-10(15)12(14(8,2)3)18-13(15)17/h5,8-10,12H,4,6H2,1-3H3/t8-,9+,10+,12+,15?/m1/s1. The first-order chi connectivity index (χ1) is 8.42. The van der Waals surface area contributed by atoms with Crippen LogP contribution in [0.15, 0.2) is 11.6 Å². The highest BCUT2D eigenvalue weighted by molar-refractivity contribution is 6.03. The van der Waals surface area contributed by atoms with Gasteiger partial charge in [-0.2, -0.15) is 0 Å². The van der Waals surface area contributed by atoms with Crippen molar-refractivity contribution < 1.29 is 14.3 Å². The van der Waals surface area contributed by atoms with Crippen LogP contribution in [-0.2, 0) is 14.3 Å². The highest BCUT2D eigenvalue weighted by atomic mass is 16.6. The summed E-state index contributed by atoms with van der Waals surface area (Å²) >= 11 is 0. The van der Waals surface area contributed by atoms with Crippen LogP contribution >= 0.6 is 0 Å². The molecule has 0 amide bonds. The molecule has 3 fully saturated rings. The summed E-state index contributed by atoms with van der Waals surface area (Å²) in [7, 11) is 0. The van der Waals surface area contributed by atoms with Crippen LogP contribution < -0.4 is 0 Å². The van der Waals surface area contributed by atoms with Gasteiger partial charge in [-0.1, -0.05) is 19.9 Å². The third-order valence-electron chi connectivity index (χ3n) is 6.11. The van der Waals surface area contributed by atoms with E-state index in [0.29, 0.717) is 11.8 Å². The summed E-state index contributed by atoms with van der Waals surface area (Å²) in [5.74, 6) is 0.651. The Hall–Kier alpha value is -1.12. The van der Waals surface area contributed by atoms with Crippen molar-refractivity contribution >= 4 is 11.8 Å². The van der Waals surface area contributed by atoms with Crippen LogP contribution in [0.1, 0.15) is 33.6 Å². The molecule has 0 aromatic carbocycles. The third kappa shape index (κ3) is 0.799. The summed E-state index contributed by atoms with van der Waals surface area (Å²) in [6.07, 6.45) is 3.69. The van der Waals surface area contributed by atoms with E-state index in [-0.39, 0.29) is 29.2 Å². The summed E-state index contributed by atoms with van der Waals surface area (Å²) < 4.78 is 5.61. The number of allylic oxidation sites excluding steroid dienone is 2. The molecule has 96 valence electrons. The van der Waals surface area contributed by atoms with E-state index in [1.165, 1.54) is 0 Å². The molecule has 0 aromatic heterocycles. The minimum atomic E-state index is -0.462. The Morgan fingerprint density at radius 3 is 2.72 bits per heavy atom. The molecule has 3 nitrogen and oxygen atoms in total. The second-order valence-electron chi connectivity index (χ2n) is 7.01. The van der Waals surface area contributed by atoms with Gasteiger partial charge in [0.1, 0.15) is 6.10 Å². The van der Waals surface area contributed by atoms with E-state index in [1.807, 2.05) is 13.0 Å². The van der Waals surface area contributed by atoms with Crippen LogP contribution in [0.3, 0.4) is 0 Å². The molecule has 1 spiro atoms. The minimum Gasteiger partial charge on any atom is -0.461 e. The quantitative estimate of drug-likeness (QED) is 0.615. The van der Waals surface area contributed by atoms with Crippen LogP contribution in [0, 0.1) is 28.6 Å². The summed E-state index contributed by atoms with van der Waals surface area (Å²) in [4.78, 5) is 24.9. The zero-order valence-corrected chi connectivity index (χ0v) is 11.0. The first-order valence-corrected chi connectivity index (χ1v) is 6.84. The predicted octanol–water partition coefficient (Wildman–Crippen LogP) is 2.11. The summed E-state index contributed by atoms with van der Waals surface area (Å²) in [6.45, 7) is 6.16. The van der Waals surface area contributed by atoms with Crippen LogP contribution in [0.5, 0.6) is 0 Å². The lowest BCUT2D eigenvalue weighted by molar-refractivity contribution is -0.251. The molecular formula is C15H18O3. The first-order valence-electron chi connectivity index (χ1n) is 6.84. The van der Waals surface area contributed by atoms with Gasteiger partial charge in [-0.15, -0.1) is 0 Å². The molecule has 4 aliphatic rings. The smallest absolute Gasteiger partial charge is 0.313 e. The number of ketones is 1. The summed E-state index contributed by atoms with van der Waals surface area (Å²) in [5, 5.41) is 0. The topological polar surface area (TPSA) is 43.4 Å². The highest BCUT2D eigenvalue weighted by Crippen LogP contribution is 2.79. The monoisotopic (exact) mass is 246 g/mol. The van der Waals surface area contributed by atoms with E-state index in [9.17, 15) is 9.59 Å². The molecule has 18 heavy (non-hydrogen) atoms. The molecule has 4 rings (SSSR count). The Kier molecular flexibility index (Phi) is 1.63. The fourth-order valence-electron chi connectivity index (χ4n) is 5.23. The molecule has 0 aromatic rings. The second-order valence-corrected chi connectivity index (χ2v) is 7.01. The van der Waals surface area contributed by atoms with Gasteiger partial charge in [0.05, 0.1) is 5.41 Å². The van der Waals surface area contributed by atoms with Crippen molar-refractivity contribution in [2.45, 2.75) is 39.7 Å². The van der Waals surface area contributed by atoms with Gasteiger partial charge in [-0.05, 0) is 31.3 Å². The molecule has 1 saturated heterocycles. The van der Waals surface area contributed by atoms with E-state index < -0.39 is 5.41 Å². The van der Waals surface area contributed by atoms with Gasteiger partial charge < -0.3 is 4.74 Å². The molecule has 3 heteroatoms. The fourth-order valence-corrected chi connectivity index (χ4v) is 5.23. The lowest BCUT2D eigenvalue weighted by Gasteiger charge is -2.69. The summed E-state index contributed by atoms with van der Waals surface area (Å²) in [5.41, 5.74) is 0.357. The second kappa shape index (κ2) is 2.73. The number of rotatable bonds is 0. The molecule has 1 heterocycles. The molecular weight excluding hydrogens is 228 g/mol. The molecule has 0 radical (unpaired) electrons. The maximum atomic E-state index is 12.5. The third-order valence-corrected chi connectivity index (χ3v) is 6.11. The molecule has 0 N–H and O–H groups in total. The minimum absolute atomic E-state index is 0.0225.